The Balaban J connectivity index is 0.000000236. The van der Waals surface area contributed by atoms with E-state index in [9.17, 15) is 5.11 Å². The molecule has 0 aliphatic heterocycles. The second kappa shape index (κ2) is 9.12. The molecule has 0 radical (unpaired) electrons. The third-order valence-corrected chi connectivity index (χ3v) is 3.18. The van der Waals surface area contributed by atoms with Crippen molar-refractivity contribution in [1.29, 1.82) is 0 Å². The van der Waals surface area contributed by atoms with Crippen LogP contribution in [0, 0.1) is 0 Å². The van der Waals surface area contributed by atoms with Crippen LogP contribution in [-0.2, 0) is 23.5 Å². The summed E-state index contributed by atoms with van der Waals surface area (Å²) in [6, 6.07) is 17.2. The van der Waals surface area contributed by atoms with Gasteiger partial charge in [-0.05, 0) is 12.0 Å². The number of allylic oxidation sites excluding steroid dienone is 5. The van der Waals surface area contributed by atoms with Gasteiger partial charge in [0.05, 0.1) is 0 Å². The van der Waals surface area contributed by atoms with Gasteiger partial charge in [-0.2, -0.15) is 12.1 Å². The molecular weight excluding hydrogens is 300 g/mol. The third kappa shape index (κ3) is 5.18. The van der Waals surface area contributed by atoms with Gasteiger partial charge in [-0.25, -0.2) is 0 Å². The minimum Gasteiger partial charge on any atom is -0.877 e. The van der Waals surface area contributed by atoms with E-state index in [0.29, 0.717) is 0 Å². The van der Waals surface area contributed by atoms with Crippen LogP contribution in [0.5, 0.6) is 0 Å². The van der Waals surface area contributed by atoms with Crippen molar-refractivity contribution in [3.8, 4) is 11.1 Å². The Hall–Kier alpha value is -1.89. The minimum atomic E-state index is 0. The van der Waals surface area contributed by atoms with Crippen molar-refractivity contribution < 1.29 is 22.2 Å². The van der Waals surface area contributed by atoms with Gasteiger partial charge in [-0.1, -0.05) is 54.5 Å². The predicted octanol–water partition coefficient (Wildman–Crippen LogP) is 3.99. The quantitative estimate of drug-likeness (QED) is 0.466. The van der Waals surface area contributed by atoms with Gasteiger partial charge in [-0.15, -0.1) is 36.1 Å². The van der Waals surface area contributed by atoms with Crippen LogP contribution in [-0.4, -0.2) is 0 Å². The molecule has 1 aliphatic rings. The summed E-state index contributed by atoms with van der Waals surface area (Å²) in [7, 11) is 0. The summed E-state index contributed by atoms with van der Waals surface area (Å²) < 4.78 is 0. The van der Waals surface area contributed by atoms with E-state index in [1.54, 1.807) is 12.2 Å². The molecule has 0 amide bonds. The molecule has 0 spiro atoms. The maximum Gasteiger partial charge on any atom is 2.00 e. The first kappa shape index (κ1) is 17.2. The van der Waals surface area contributed by atoms with Crippen molar-refractivity contribution in [2.24, 2.45) is 0 Å². The topological polar surface area (TPSA) is 23.1 Å². The van der Waals surface area contributed by atoms with Crippen LogP contribution in [0.2, 0.25) is 0 Å². The molecular formula is C19H18FeO. The number of hydrogen-bond acceptors (Lipinski definition) is 1. The first-order valence-electron chi connectivity index (χ1n) is 6.81. The molecule has 1 nitrogen and oxygen atoms in total. The second-order valence-electron chi connectivity index (χ2n) is 4.56. The summed E-state index contributed by atoms with van der Waals surface area (Å²) in [6.45, 7) is 2.18. The monoisotopic (exact) mass is 318 g/mol. The molecule has 108 valence electrons. The molecule has 2 aromatic rings. The van der Waals surface area contributed by atoms with Gasteiger partial charge in [0, 0.05) is 0 Å². The zero-order chi connectivity index (χ0) is 14.2. The van der Waals surface area contributed by atoms with Crippen molar-refractivity contribution in [3.63, 3.8) is 0 Å². The maximum atomic E-state index is 9.87. The van der Waals surface area contributed by atoms with Crippen LogP contribution in [0.4, 0.5) is 0 Å². The Kier molecular flexibility index (Phi) is 7.45. The third-order valence-electron chi connectivity index (χ3n) is 3.18. The van der Waals surface area contributed by atoms with E-state index in [0.717, 1.165) is 18.3 Å². The summed E-state index contributed by atoms with van der Waals surface area (Å²) in [6.07, 6.45) is 9.16. The normalized spacial score (nSPS) is 11.6. The smallest absolute Gasteiger partial charge is 0.877 e. The molecule has 3 rings (SSSR count). The Morgan fingerprint density at radius 1 is 1.00 bits per heavy atom. The average Bonchev–Trinajstić information content (AvgIpc) is 3.21. The molecule has 1 aliphatic carbocycles. The molecule has 0 fully saturated rings. The molecule has 0 N–H and O–H groups in total. The molecule has 21 heavy (non-hydrogen) atoms. The molecule has 0 saturated carbocycles. The SMILES string of the molecule is CCc1ccc(-[c-]2cccc2)cc1.[Fe+2].[O-]C=C1C=CC=C1. The Labute approximate surface area is 137 Å². The summed E-state index contributed by atoms with van der Waals surface area (Å²) in [5.41, 5.74) is 4.76. The van der Waals surface area contributed by atoms with Crippen molar-refractivity contribution in [1.82, 2.24) is 0 Å². The fourth-order valence-electron chi connectivity index (χ4n) is 1.97. The standard InChI is InChI=1S/C13H13.C6H6O.Fe/c1-2-11-7-9-13(10-8-11)12-5-3-4-6-12;7-5-6-3-1-2-4-6;/h3-10H,2H2,1H3;1-5,7H;/q-1;;+2/p-1. The van der Waals surface area contributed by atoms with E-state index in [2.05, 4.69) is 55.5 Å². The fourth-order valence-corrected chi connectivity index (χ4v) is 1.97. The van der Waals surface area contributed by atoms with Gasteiger partial charge >= 0.3 is 17.1 Å². The molecule has 0 saturated heterocycles. The van der Waals surface area contributed by atoms with Gasteiger partial charge in [0.15, 0.2) is 0 Å². The number of benzene rings is 1. The van der Waals surface area contributed by atoms with E-state index >= 15 is 0 Å². The summed E-state index contributed by atoms with van der Waals surface area (Å²) >= 11 is 0. The number of rotatable bonds is 2. The zero-order valence-electron chi connectivity index (χ0n) is 12.0. The predicted molar refractivity (Wildman–Crippen MR) is 83.2 cm³/mol. The van der Waals surface area contributed by atoms with Crippen LogP contribution < -0.4 is 5.11 Å². The fraction of sp³-hybridized carbons (Fsp3) is 0.105. The van der Waals surface area contributed by atoms with Crippen molar-refractivity contribution in [2.75, 3.05) is 0 Å². The van der Waals surface area contributed by atoms with Crippen LogP contribution in [0.1, 0.15) is 12.5 Å². The zero-order valence-corrected chi connectivity index (χ0v) is 13.1. The van der Waals surface area contributed by atoms with Gasteiger partial charge in [0.25, 0.3) is 0 Å². The molecule has 0 atom stereocenters. The Bertz CT molecular complexity index is 588. The molecule has 0 bridgehead atoms. The number of aryl methyl sites for hydroxylation is 1. The summed E-state index contributed by atoms with van der Waals surface area (Å²) in [5, 5.41) is 9.87. The molecule has 2 aromatic carbocycles. The van der Waals surface area contributed by atoms with E-state index < -0.39 is 0 Å². The van der Waals surface area contributed by atoms with Crippen LogP contribution in [0.15, 0.2) is 84.7 Å². The minimum absolute atomic E-state index is 0. The first-order valence-corrected chi connectivity index (χ1v) is 6.81. The van der Waals surface area contributed by atoms with E-state index in [4.69, 9.17) is 0 Å². The van der Waals surface area contributed by atoms with E-state index in [1.165, 1.54) is 16.7 Å². The Morgan fingerprint density at radius 2 is 1.57 bits per heavy atom. The largest absolute Gasteiger partial charge is 2.00 e. The summed E-state index contributed by atoms with van der Waals surface area (Å²) in [5.74, 6) is 0. The van der Waals surface area contributed by atoms with Crippen molar-refractivity contribution in [2.45, 2.75) is 13.3 Å². The van der Waals surface area contributed by atoms with Crippen LogP contribution >= 0.6 is 0 Å². The first-order chi connectivity index (χ1) is 9.83. The van der Waals surface area contributed by atoms with Gasteiger partial charge in [0.2, 0.25) is 0 Å². The van der Waals surface area contributed by atoms with Gasteiger partial charge in [0.1, 0.15) is 0 Å². The van der Waals surface area contributed by atoms with E-state index in [1.807, 2.05) is 12.2 Å². The molecule has 0 heterocycles. The van der Waals surface area contributed by atoms with Crippen LogP contribution in [0.25, 0.3) is 11.1 Å². The van der Waals surface area contributed by atoms with E-state index in [-0.39, 0.29) is 17.1 Å². The molecule has 2 heteroatoms. The summed E-state index contributed by atoms with van der Waals surface area (Å²) in [4.78, 5) is 0. The molecule has 0 aromatic heterocycles. The van der Waals surface area contributed by atoms with Gasteiger partial charge < -0.3 is 5.11 Å². The second-order valence-corrected chi connectivity index (χ2v) is 4.56. The average molecular weight is 318 g/mol. The Morgan fingerprint density at radius 3 is 2.00 bits per heavy atom. The van der Waals surface area contributed by atoms with Crippen LogP contribution in [0.3, 0.4) is 0 Å². The van der Waals surface area contributed by atoms with Crippen molar-refractivity contribution in [3.05, 3.63) is 90.2 Å². The maximum absolute atomic E-state index is 9.87. The number of hydrogen-bond donors (Lipinski definition) is 0. The van der Waals surface area contributed by atoms with Gasteiger partial charge in [-0.3, -0.25) is 0 Å². The molecule has 0 unspecified atom stereocenters. The van der Waals surface area contributed by atoms with Crippen molar-refractivity contribution >= 4 is 0 Å².